The predicted molar refractivity (Wildman–Crippen MR) is 79.0 cm³/mol. The van der Waals surface area contributed by atoms with Gasteiger partial charge in [-0.05, 0) is 23.5 Å². The van der Waals surface area contributed by atoms with Gasteiger partial charge in [0.2, 0.25) is 10.0 Å². The molecule has 0 amide bonds. The molecule has 4 nitrogen and oxygen atoms in total. The van der Waals surface area contributed by atoms with Gasteiger partial charge in [0.1, 0.15) is 0 Å². The molecule has 5 heteroatoms. The van der Waals surface area contributed by atoms with Gasteiger partial charge < -0.3 is 5.73 Å². The van der Waals surface area contributed by atoms with E-state index in [1.165, 1.54) is 4.31 Å². The van der Waals surface area contributed by atoms with Crippen molar-refractivity contribution in [1.29, 1.82) is 0 Å². The molecule has 0 bridgehead atoms. The highest BCUT2D eigenvalue weighted by Gasteiger charge is 2.18. The van der Waals surface area contributed by atoms with E-state index < -0.39 is 10.0 Å². The van der Waals surface area contributed by atoms with E-state index in [0.29, 0.717) is 25.4 Å². The van der Waals surface area contributed by atoms with Crippen LogP contribution in [0, 0.1) is 5.92 Å². The van der Waals surface area contributed by atoms with Crippen molar-refractivity contribution in [3.05, 3.63) is 35.4 Å². The van der Waals surface area contributed by atoms with Gasteiger partial charge in [-0.2, -0.15) is 0 Å². The second kappa shape index (κ2) is 7.03. The van der Waals surface area contributed by atoms with Crippen LogP contribution in [-0.4, -0.2) is 25.5 Å². The van der Waals surface area contributed by atoms with Gasteiger partial charge in [0, 0.05) is 20.1 Å². The molecule has 2 N–H and O–H groups in total. The molecule has 0 aliphatic heterocycles. The minimum atomic E-state index is -3.16. The molecule has 1 aromatic carbocycles. The first-order chi connectivity index (χ1) is 8.85. The highest BCUT2D eigenvalue weighted by atomic mass is 32.2. The predicted octanol–water partition coefficient (Wildman–Crippen LogP) is 1.95. The molecule has 0 unspecified atom stereocenters. The maximum Gasteiger partial charge on any atom is 0.214 e. The topological polar surface area (TPSA) is 63.4 Å². The fourth-order valence-corrected chi connectivity index (χ4v) is 3.10. The van der Waals surface area contributed by atoms with Crippen LogP contribution in [0.2, 0.25) is 0 Å². The Morgan fingerprint density at radius 2 is 1.68 bits per heavy atom. The molecule has 1 rings (SSSR count). The van der Waals surface area contributed by atoms with E-state index in [-0.39, 0.29) is 5.75 Å². The Hall–Kier alpha value is -0.910. The Kier molecular flexibility index (Phi) is 5.97. The van der Waals surface area contributed by atoms with E-state index in [2.05, 4.69) is 0 Å². The van der Waals surface area contributed by atoms with E-state index in [1.807, 2.05) is 38.1 Å². The number of sulfonamides is 1. The molecule has 0 aliphatic carbocycles. The fraction of sp³-hybridized carbons (Fsp3) is 0.571. The zero-order valence-corrected chi connectivity index (χ0v) is 12.8. The number of hydrogen-bond acceptors (Lipinski definition) is 3. The number of nitrogens with two attached hydrogens (primary N) is 1. The molecule has 0 saturated heterocycles. The van der Waals surface area contributed by atoms with Crippen LogP contribution in [0.25, 0.3) is 0 Å². The molecular formula is C14H24N2O2S. The summed E-state index contributed by atoms with van der Waals surface area (Å²) in [6.07, 6.45) is 0.693. The van der Waals surface area contributed by atoms with Gasteiger partial charge in [0.15, 0.2) is 0 Å². The first-order valence-electron chi connectivity index (χ1n) is 6.57. The molecule has 108 valence electrons. The maximum atomic E-state index is 12.1. The van der Waals surface area contributed by atoms with Crippen molar-refractivity contribution in [2.45, 2.75) is 33.4 Å². The van der Waals surface area contributed by atoms with Crippen molar-refractivity contribution >= 4 is 10.0 Å². The van der Waals surface area contributed by atoms with Gasteiger partial charge in [-0.25, -0.2) is 12.7 Å². The Balaban J connectivity index is 2.64. The van der Waals surface area contributed by atoms with Crippen molar-refractivity contribution in [2.75, 3.05) is 12.8 Å². The lowest BCUT2D eigenvalue weighted by Gasteiger charge is -2.18. The van der Waals surface area contributed by atoms with Crippen molar-refractivity contribution in [3.8, 4) is 0 Å². The average Bonchev–Trinajstić information content (AvgIpc) is 2.37. The molecule has 0 heterocycles. The van der Waals surface area contributed by atoms with Gasteiger partial charge in [-0.1, -0.05) is 38.1 Å². The molecule has 0 atom stereocenters. The molecule has 19 heavy (non-hydrogen) atoms. The Bertz CT molecular complexity index is 481. The standard InChI is InChI=1S/C14H24N2O2S/c1-12(2)8-9-19(17,18)16(3)11-14-6-4-13(10-15)5-7-14/h4-7,12H,8-11,15H2,1-3H3. The minimum absolute atomic E-state index is 0.210. The molecule has 0 spiro atoms. The molecule has 0 radical (unpaired) electrons. The van der Waals surface area contributed by atoms with Crippen LogP contribution < -0.4 is 5.73 Å². The summed E-state index contributed by atoms with van der Waals surface area (Å²) in [5.41, 5.74) is 7.56. The summed E-state index contributed by atoms with van der Waals surface area (Å²) in [6.45, 7) is 4.97. The van der Waals surface area contributed by atoms with Gasteiger partial charge in [0.05, 0.1) is 5.75 Å². The van der Waals surface area contributed by atoms with E-state index in [9.17, 15) is 8.42 Å². The Morgan fingerprint density at radius 1 is 1.16 bits per heavy atom. The number of rotatable bonds is 7. The molecule has 1 aromatic rings. The Morgan fingerprint density at radius 3 is 2.16 bits per heavy atom. The summed E-state index contributed by atoms with van der Waals surface area (Å²) in [6, 6.07) is 7.72. The SMILES string of the molecule is CC(C)CCS(=O)(=O)N(C)Cc1ccc(CN)cc1. The van der Waals surface area contributed by atoms with E-state index >= 15 is 0 Å². The largest absolute Gasteiger partial charge is 0.326 e. The van der Waals surface area contributed by atoms with Crippen LogP contribution in [-0.2, 0) is 23.1 Å². The second-order valence-corrected chi connectivity index (χ2v) is 7.47. The average molecular weight is 284 g/mol. The van der Waals surface area contributed by atoms with Crippen LogP contribution in [0.3, 0.4) is 0 Å². The van der Waals surface area contributed by atoms with Gasteiger partial charge >= 0.3 is 0 Å². The zero-order chi connectivity index (χ0) is 14.5. The van der Waals surface area contributed by atoms with Gasteiger partial charge in [0.25, 0.3) is 0 Å². The number of nitrogens with zero attached hydrogens (tertiary/aromatic N) is 1. The lowest BCUT2D eigenvalue weighted by atomic mass is 10.1. The third kappa shape index (κ3) is 5.30. The summed E-state index contributed by atoms with van der Waals surface area (Å²) in [4.78, 5) is 0. The molecule has 0 aliphatic rings. The van der Waals surface area contributed by atoms with E-state index in [1.54, 1.807) is 7.05 Å². The van der Waals surface area contributed by atoms with Crippen LogP contribution in [0.15, 0.2) is 24.3 Å². The fourth-order valence-electron chi connectivity index (χ4n) is 1.68. The van der Waals surface area contributed by atoms with Crippen LogP contribution in [0.5, 0.6) is 0 Å². The van der Waals surface area contributed by atoms with E-state index in [4.69, 9.17) is 5.73 Å². The highest BCUT2D eigenvalue weighted by Crippen LogP contribution is 2.11. The summed E-state index contributed by atoms with van der Waals surface area (Å²) in [5, 5.41) is 0. The van der Waals surface area contributed by atoms with Crippen molar-refractivity contribution in [2.24, 2.45) is 11.7 Å². The summed E-state index contributed by atoms with van der Waals surface area (Å²) >= 11 is 0. The van der Waals surface area contributed by atoms with Crippen molar-refractivity contribution in [1.82, 2.24) is 4.31 Å². The minimum Gasteiger partial charge on any atom is -0.326 e. The normalized spacial score (nSPS) is 12.3. The third-order valence-electron chi connectivity index (χ3n) is 3.09. The molecule has 0 fully saturated rings. The van der Waals surface area contributed by atoms with Crippen LogP contribution >= 0.6 is 0 Å². The summed E-state index contributed by atoms with van der Waals surface area (Å²) in [7, 11) is -1.53. The van der Waals surface area contributed by atoms with Gasteiger partial charge in [-0.3, -0.25) is 0 Å². The summed E-state index contributed by atoms with van der Waals surface area (Å²) < 4.78 is 25.6. The number of hydrogen-bond donors (Lipinski definition) is 1. The lowest BCUT2D eigenvalue weighted by molar-refractivity contribution is 0.460. The quantitative estimate of drug-likeness (QED) is 0.832. The van der Waals surface area contributed by atoms with E-state index in [0.717, 1.165) is 11.1 Å². The summed E-state index contributed by atoms with van der Waals surface area (Å²) in [5.74, 6) is 0.606. The van der Waals surface area contributed by atoms with Crippen LogP contribution in [0.1, 0.15) is 31.4 Å². The Labute approximate surface area is 116 Å². The zero-order valence-electron chi connectivity index (χ0n) is 12.0. The highest BCUT2D eigenvalue weighted by molar-refractivity contribution is 7.89. The maximum absolute atomic E-state index is 12.1. The lowest BCUT2D eigenvalue weighted by Crippen LogP contribution is -2.29. The first kappa shape index (κ1) is 16.1. The monoisotopic (exact) mass is 284 g/mol. The smallest absolute Gasteiger partial charge is 0.214 e. The van der Waals surface area contributed by atoms with Crippen molar-refractivity contribution < 1.29 is 8.42 Å². The third-order valence-corrected chi connectivity index (χ3v) is 4.92. The molecule has 0 saturated carbocycles. The van der Waals surface area contributed by atoms with Gasteiger partial charge in [-0.15, -0.1) is 0 Å². The molecular weight excluding hydrogens is 260 g/mol. The number of benzene rings is 1. The van der Waals surface area contributed by atoms with Crippen molar-refractivity contribution in [3.63, 3.8) is 0 Å². The first-order valence-corrected chi connectivity index (χ1v) is 8.18. The second-order valence-electron chi connectivity index (χ2n) is 5.28. The molecule has 0 aromatic heterocycles. The van der Waals surface area contributed by atoms with Crippen LogP contribution in [0.4, 0.5) is 0 Å².